The normalized spacial score (nSPS) is 15.9. The van der Waals surface area contributed by atoms with Crippen molar-refractivity contribution in [3.8, 4) is 100 Å². The smallest absolute Gasteiger partial charge is 0.0667 e. The van der Waals surface area contributed by atoms with Crippen molar-refractivity contribution in [1.29, 1.82) is 0 Å². The zero-order chi connectivity index (χ0) is 100. The highest BCUT2D eigenvalue weighted by atomic mass is 15.2. The summed E-state index contributed by atoms with van der Waals surface area (Å²) >= 11 is 0. The number of rotatable bonds is 10. The first-order valence-electron chi connectivity index (χ1n) is 52.0. The molecule has 4 heterocycles. The Morgan fingerprint density at radius 2 is 0.612 bits per heavy atom. The van der Waals surface area contributed by atoms with Gasteiger partial charge in [0.05, 0.1) is 72.6 Å². The van der Waals surface area contributed by atoms with Crippen LogP contribution in [0.25, 0.3) is 122 Å². The summed E-state index contributed by atoms with van der Waals surface area (Å²) in [5, 5.41) is -0.193. The molecule has 4 heteroatoms. The van der Waals surface area contributed by atoms with E-state index in [1.54, 1.807) is 12.1 Å². The largest absolute Gasteiger partial charge is 0.313 e. The molecule has 0 amide bonds. The van der Waals surface area contributed by atoms with Gasteiger partial charge in [0.1, 0.15) is 0 Å². The third kappa shape index (κ3) is 12.5. The number of anilines is 6. The molecule has 21 rings (SSSR count). The van der Waals surface area contributed by atoms with Gasteiger partial charge in [-0.1, -0.05) is 358 Å². The molecule has 4 nitrogen and oxygen atoms in total. The Labute approximate surface area is 742 Å². The quantitative estimate of drug-likeness (QED) is 0.136. The Balaban J connectivity index is 0.969. The van der Waals surface area contributed by atoms with E-state index in [1.807, 2.05) is 168 Å². The summed E-state index contributed by atoms with van der Waals surface area (Å²) in [5.41, 5.74) is 10.8. The lowest BCUT2D eigenvalue weighted by atomic mass is 9.73. The number of fused-ring (bicyclic) bond motifs is 14. The van der Waals surface area contributed by atoms with Crippen LogP contribution in [-0.2, 0) is 39.9 Å². The van der Waals surface area contributed by atoms with E-state index < -0.39 is 107 Å². The van der Waals surface area contributed by atoms with Crippen molar-refractivity contribution in [3.63, 3.8) is 0 Å². The average molecular weight is 1590 g/mol. The van der Waals surface area contributed by atoms with Gasteiger partial charge in [0.25, 0.3) is 0 Å². The molecule has 2 aliphatic heterocycles. The summed E-state index contributed by atoms with van der Waals surface area (Å²) in [6.07, 6.45) is -0.513. The molecule has 0 atom stereocenters. The molecule has 121 heavy (non-hydrogen) atoms. The first-order valence-corrected chi connectivity index (χ1v) is 42.0. The third-order valence-corrected chi connectivity index (χ3v) is 25.0. The van der Waals surface area contributed by atoms with Gasteiger partial charge in [-0.2, -0.15) is 0 Å². The lowest BCUT2D eigenvalue weighted by molar-refractivity contribution is 0.589. The molecule has 15 aromatic carbocycles. The average Bonchev–Trinajstić information content (AvgIpc) is 1.62. The minimum Gasteiger partial charge on any atom is -0.313 e. The van der Waals surface area contributed by atoms with Gasteiger partial charge in [-0.05, 0) is 205 Å². The van der Waals surface area contributed by atoms with Crippen molar-refractivity contribution >= 4 is 55.9 Å². The van der Waals surface area contributed by atoms with Gasteiger partial charge < -0.3 is 18.9 Å². The maximum atomic E-state index is 12.2. The van der Waals surface area contributed by atoms with Crippen LogP contribution in [0.5, 0.6) is 0 Å². The summed E-state index contributed by atoms with van der Waals surface area (Å²) in [5.74, 6) is -1.57. The molecule has 0 spiro atoms. The van der Waals surface area contributed by atoms with Gasteiger partial charge in [0, 0.05) is 91.2 Å². The van der Waals surface area contributed by atoms with E-state index in [9.17, 15) is 27.4 Å². The summed E-state index contributed by atoms with van der Waals surface area (Å²) in [4.78, 5) is 4.04. The summed E-state index contributed by atoms with van der Waals surface area (Å²) in [6.45, 7) is 31.5. The number of hydrogen-bond donors (Lipinski definition) is 0. The van der Waals surface area contributed by atoms with Crippen LogP contribution in [0.15, 0.2) is 327 Å². The number of nitrogens with zero attached hydrogens (tertiary/aromatic N) is 4. The Hall–Kier alpha value is -13.0. The van der Waals surface area contributed by atoms with E-state index in [0.29, 0.717) is 67.3 Å². The molecular formula is C117H104N4. The molecule has 0 N–H and O–H groups in total. The van der Waals surface area contributed by atoms with Crippen molar-refractivity contribution in [2.45, 2.75) is 150 Å². The van der Waals surface area contributed by atoms with Gasteiger partial charge in [-0.25, -0.2) is 0 Å². The second-order valence-corrected chi connectivity index (χ2v) is 38.0. The van der Waals surface area contributed by atoms with Crippen LogP contribution >= 0.6 is 0 Å². The highest BCUT2D eigenvalue weighted by Crippen LogP contribution is 2.66. The Bertz CT molecular complexity index is 7750. The van der Waals surface area contributed by atoms with Crippen molar-refractivity contribution in [2.75, 3.05) is 9.80 Å². The predicted octanol–water partition coefficient (Wildman–Crippen LogP) is 32.0. The fraction of sp³-hybridized carbons (Fsp3) is 0.197. The van der Waals surface area contributed by atoms with Crippen LogP contribution in [0.3, 0.4) is 0 Å². The van der Waals surface area contributed by atoms with Crippen LogP contribution in [0.4, 0.5) is 34.1 Å². The maximum absolute atomic E-state index is 12.2. The summed E-state index contributed by atoms with van der Waals surface area (Å²) in [6, 6.07) is 58.1. The van der Waals surface area contributed by atoms with Crippen molar-refractivity contribution < 1.29 is 27.4 Å². The monoisotopic (exact) mass is 1580 g/mol. The molecule has 0 fully saturated rings. The molecule has 4 aliphatic rings. The molecule has 0 saturated heterocycles. The van der Waals surface area contributed by atoms with E-state index in [2.05, 4.69) is 140 Å². The van der Waals surface area contributed by atoms with Gasteiger partial charge in [-0.15, -0.1) is 0 Å². The van der Waals surface area contributed by atoms with Crippen molar-refractivity contribution in [1.82, 2.24) is 9.13 Å². The lowest BCUT2D eigenvalue weighted by Crippen LogP contribution is -2.31. The Morgan fingerprint density at radius 1 is 0.281 bits per heavy atom. The van der Waals surface area contributed by atoms with Gasteiger partial charge >= 0.3 is 0 Å². The molecular weight excluding hydrogens is 1460 g/mol. The van der Waals surface area contributed by atoms with E-state index in [4.69, 9.17) is 0 Å². The summed E-state index contributed by atoms with van der Waals surface area (Å²) in [7, 11) is 0. The summed E-state index contributed by atoms with van der Waals surface area (Å²) < 4.78 is 215. The highest BCUT2D eigenvalue weighted by Gasteiger charge is 2.46. The van der Waals surface area contributed by atoms with E-state index in [-0.39, 0.29) is 172 Å². The van der Waals surface area contributed by atoms with E-state index >= 15 is 0 Å². The van der Waals surface area contributed by atoms with Crippen LogP contribution < -0.4 is 9.80 Å². The van der Waals surface area contributed by atoms with E-state index in [1.165, 1.54) is 9.13 Å². The molecule has 2 aliphatic carbocycles. The van der Waals surface area contributed by atoms with Gasteiger partial charge in [-0.3, -0.25) is 0 Å². The maximum Gasteiger partial charge on any atom is 0.0667 e. The van der Waals surface area contributed by atoms with Gasteiger partial charge in [0.2, 0.25) is 0 Å². The number of aromatic nitrogens is 2. The second-order valence-electron chi connectivity index (χ2n) is 38.0. The predicted molar refractivity (Wildman–Crippen MR) is 513 cm³/mol. The standard InChI is InChI=1S/C117H104N4/c1-113(2,3)82-44-32-42-76(60-82)78-50-54-89-80(58-78)62-103-107(89)91-46-28-30-48-99(91)118(103)87-52-56-93-101(70-87)120(111-95(72-34-20-16-21-35-72)64-84(115(7,8)9)65-96(111)73-36-22-17-23-37-73)105-68-86(117(13,14)15)69-106-110(105)109(93)94-57-53-88(71-102(94)121(106)112-97(74-38-24-18-25-39-74)66-85(116(10,11)12)67-98(112)75-40-26-19-27-41-75)119-100-49-31-29-47-92(100)108-90-55-51-79(59-81(90)63-104(108)119)77-43-33-45-83(61-77)114(4,5)6/h16-61,64-71,109H,62-63H2,1-15H3/i28D,29D,30D,31D,46D,47D,48D,49D,50D,51D,52D,53D,54D,55D,56D,57D,58D,59D,70D,71D. The molecule has 17 aromatic rings. The van der Waals surface area contributed by atoms with Crippen molar-refractivity contribution in [2.24, 2.45) is 0 Å². The topological polar surface area (TPSA) is 16.3 Å². The minimum absolute atomic E-state index is 0.0359. The number of para-hydroxylation sites is 2. The van der Waals surface area contributed by atoms with Crippen LogP contribution in [0.1, 0.15) is 204 Å². The van der Waals surface area contributed by atoms with Gasteiger partial charge in [0.15, 0.2) is 0 Å². The van der Waals surface area contributed by atoms with Crippen molar-refractivity contribution in [3.05, 3.63) is 394 Å². The fourth-order valence-corrected chi connectivity index (χ4v) is 18.6. The lowest BCUT2D eigenvalue weighted by Gasteiger charge is -2.47. The minimum atomic E-state index is -1.57. The SMILES string of the molecule is [2H]c1c([2H])c2c(c([2H])c1-c1cccc(C(C)(C)C)c1)Cc1c-2c2c([2H])c([2H])c([2H])c([2H])c2n1-c1c([2H])c([2H])c2c(c1[2H])N(c1c(-c3ccccc3)cc(C(C)(C)C)cc1-c1ccccc1)c1cc(C(C)(C)C)cc3c1C2c1c([2H])c([2H])c(-n2c4c(c5c([2H])c([2H])c([2H])c([2H])c52)-c2c([2H])c([2H])c(-c5cccc(C(C)(C)C)c5)c([2H])c2C4)c([2H])c1N3c1c(-c2ccccc2)cc(C(C)(C)C)cc1-c1ccccc1. The second kappa shape index (κ2) is 27.8. The highest BCUT2D eigenvalue weighted by molar-refractivity contribution is 6.09. The zero-order valence-corrected chi connectivity index (χ0v) is 70.9. The molecule has 0 unspecified atom stereocenters. The molecule has 0 bridgehead atoms. The number of hydrogen-bond acceptors (Lipinski definition) is 2. The molecule has 0 radical (unpaired) electrons. The zero-order valence-electron chi connectivity index (χ0n) is 90.9. The molecule has 592 valence electrons. The number of benzene rings is 15. The first-order chi connectivity index (χ1) is 66.6. The van der Waals surface area contributed by atoms with Crippen LogP contribution in [-0.4, -0.2) is 9.13 Å². The Kier molecular flexibility index (Phi) is 13.0. The third-order valence-electron chi connectivity index (χ3n) is 25.0. The molecule has 0 saturated carbocycles. The van der Waals surface area contributed by atoms with Crippen LogP contribution in [0, 0.1) is 0 Å². The Morgan fingerprint density at radius 3 is 0.959 bits per heavy atom. The van der Waals surface area contributed by atoms with Crippen LogP contribution in [0.2, 0.25) is 0 Å². The molecule has 2 aromatic heterocycles. The first kappa shape index (κ1) is 56.4. The van der Waals surface area contributed by atoms with E-state index in [0.717, 1.165) is 44.5 Å². The fourth-order valence-electron chi connectivity index (χ4n) is 18.6.